The summed E-state index contributed by atoms with van der Waals surface area (Å²) in [6, 6.07) is 0.926. The van der Waals surface area contributed by atoms with Gasteiger partial charge in [-0.25, -0.2) is 4.39 Å². The Hall–Kier alpha value is -1.17. The van der Waals surface area contributed by atoms with Crippen LogP contribution in [0.5, 0.6) is 0 Å². The lowest BCUT2D eigenvalue weighted by molar-refractivity contribution is -0.384. The van der Waals surface area contributed by atoms with Gasteiger partial charge in [0.05, 0.1) is 9.40 Å². The fourth-order valence-corrected chi connectivity index (χ4v) is 1.31. The van der Waals surface area contributed by atoms with Crippen LogP contribution in [0.4, 0.5) is 15.8 Å². The van der Waals surface area contributed by atoms with Gasteiger partial charge in [-0.2, -0.15) is 0 Å². The molecule has 0 spiro atoms. The molecule has 6 heteroatoms. The molecule has 1 rings (SSSR count). The number of nitrogens with two attached hydrogens (primary N) is 1. The van der Waals surface area contributed by atoms with Crippen molar-refractivity contribution in [2.45, 2.75) is 6.92 Å². The molecule has 0 amide bonds. The third kappa shape index (κ3) is 1.62. The van der Waals surface area contributed by atoms with Crippen LogP contribution in [-0.4, -0.2) is 4.92 Å². The number of halogens is 2. The Labute approximate surface area is 81.8 Å². The Morgan fingerprint density at radius 3 is 2.69 bits per heavy atom. The van der Waals surface area contributed by atoms with Gasteiger partial charge in [0.15, 0.2) is 0 Å². The van der Waals surface area contributed by atoms with Gasteiger partial charge in [0.25, 0.3) is 5.69 Å². The maximum atomic E-state index is 12.9. The molecule has 0 unspecified atom stereocenters. The summed E-state index contributed by atoms with van der Waals surface area (Å²) in [6.45, 7) is 1.43. The van der Waals surface area contributed by atoms with Gasteiger partial charge in [0.1, 0.15) is 11.5 Å². The van der Waals surface area contributed by atoms with E-state index in [1.54, 1.807) is 0 Å². The fraction of sp³-hybridized carbons (Fsp3) is 0.143. The minimum absolute atomic E-state index is 0.0772. The molecule has 0 bridgehead atoms. The van der Waals surface area contributed by atoms with E-state index >= 15 is 0 Å². The lowest BCUT2D eigenvalue weighted by atomic mass is 10.1. The van der Waals surface area contributed by atoms with Gasteiger partial charge < -0.3 is 5.73 Å². The van der Waals surface area contributed by atoms with Gasteiger partial charge in [-0.3, -0.25) is 10.1 Å². The van der Waals surface area contributed by atoms with E-state index in [-0.39, 0.29) is 21.4 Å². The number of nitro benzene ring substituents is 1. The highest BCUT2D eigenvalue weighted by Crippen LogP contribution is 2.33. The summed E-state index contributed by atoms with van der Waals surface area (Å²) in [5.74, 6) is -0.597. The van der Waals surface area contributed by atoms with Gasteiger partial charge in [0, 0.05) is 11.6 Å². The Morgan fingerprint density at radius 2 is 2.23 bits per heavy atom. The van der Waals surface area contributed by atoms with E-state index < -0.39 is 10.7 Å². The topological polar surface area (TPSA) is 69.2 Å². The number of nitro groups is 1. The Morgan fingerprint density at radius 1 is 1.69 bits per heavy atom. The van der Waals surface area contributed by atoms with Crippen molar-refractivity contribution in [3.63, 3.8) is 0 Å². The maximum absolute atomic E-state index is 12.9. The smallest absolute Gasteiger partial charge is 0.296 e. The van der Waals surface area contributed by atoms with Crippen molar-refractivity contribution < 1.29 is 9.31 Å². The van der Waals surface area contributed by atoms with Crippen LogP contribution in [0.3, 0.4) is 0 Å². The molecule has 0 atom stereocenters. The van der Waals surface area contributed by atoms with Crippen LogP contribution in [0.25, 0.3) is 0 Å². The molecule has 4 nitrogen and oxygen atoms in total. The number of hydrogen-bond acceptors (Lipinski definition) is 3. The average Bonchev–Trinajstić information content (AvgIpc) is 1.99. The molecule has 1 aromatic rings. The SMILES string of the molecule is Cc1c(Br)c(F)cc(N)c1[N+](=O)[O-]. The monoisotopic (exact) mass is 248 g/mol. The van der Waals surface area contributed by atoms with Crippen molar-refractivity contribution in [1.82, 2.24) is 0 Å². The average molecular weight is 249 g/mol. The molecular formula is C7H6BrFN2O2. The minimum atomic E-state index is -0.630. The van der Waals surface area contributed by atoms with Crippen LogP contribution in [0, 0.1) is 22.9 Å². The zero-order valence-corrected chi connectivity index (χ0v) is 8.26. The highest BCUT2D eigenvalue weighted by Gasteiger charge is 2.20. The van der Waals surface area contributed by atoms with Crippen LogP contribution in [0.15, 0.2) is 10.5 Å². The number of hydrogen-bond donors (Lipinski definition) is 1. The number of nitrogens with zero attached hydrogens (tertiary/aromatic N) is 1. The summed E-state index contributed by atoms with van der Waals surface area (Å²) < 4.78 is 13.0. The van der Waals surface area contributed by atoms with E-state index in [0.717, 1.165) is 6.07 Å². The molecule has 0 aromatic heterocycles. The van der Waals surface area contributed by atoms with Crippen molar-refractivity contribution in [2.24, 2.45) is 0 Å². The van der Waals surface area contributed by atoms with E-state index in [1.807, 2.05) is 0 Å². The highest BCUT2D eigenvalue weighted by molar-refractivity contribution is 9.10. The maximum Gasteiger partial charge on any atom is 0.296 e. The lowest BCUT2D eigenvalue weighted by Crippen LogP contribution is -2.00. The number of benzene rings is 1. The predicted molar refractivity (Wildman–Crippen MR) is 49.9 cm³/mol. The molecule has 0 aliphatic heterocycles. The zero-order valence-electron chi connectivity index (χ0n) is 6.67. The molecule has 0 saturated heterocycles. The largest absolute Gasteiger partial charge is 0.393 e. The Bertz CT molecular complexity index is 381. The van der Waals surface area contributed by atoms with Gasteiger partial charge >= 0.3 is 0 Å². The summed E-state index contributed by atoms with van der Waals surface area (Å²) in [7, 11) is 0. The highest BCUT2D eigenvalue weighted by atomic mass is 79.9. The van der Waals surface area contributed by atoms with E-state index in [0.29, 0.717) is 0 Å². The molecule has 0 aliphatic rings. The Kier molecular flexibility index (Phi) is 2.51. The molecule has 0 fully saturated rings. The second-order valence-electron chi connectivity index (χ2n) is 2.49. The van der Waals surface area contributed by atoms with Crippen LogP contribution < -0.4 is 5.73 Å². The summed E-state index contributed by atoms with van der Waals surface area (Å²) in [4.78, 5) is 9.86. The quantitative estimate of drug-likeness (QED) is 0.472. The molecule has 2 N–H and O–H groups in total. The first-order valence-corrected chi connectivity index (χ1v) is 4.13. The van der Waals surface area contributed by atoms with E-state index in [9.17, 15) is 14.5 Å². The molecular weight excluding hydrogens is 243 g/mol. The summed E-state index contributed by atoms with van der Waals surface area (Å²) in [5, 5.41) is 10.5. The van der Waals surface area contributed by atoms with Crippen molar-refractivity contribution in [3.8, 4) is 0 Å². The minimum Gasteiger partial charge on any atom is -0.393 e. The van der Waals surface area contributed by atoms with Gasteiger partial charge in [0.2, 0.25) is 0 Å². The number of rotatable bonds is 1. The predicted octanol–water partition coefficient (Wildman–Crippen LogP) is 2.39. The van der Waals surface area contributed by atoms with Gasteiger partial charge in [-0.1, -0.05) is 0 Å². The van der Waals surface area contributed by atoms with E-state index in [1.165, 1.54) is 6.92 Å². The normalized spacial score (nSPS) is 10.1. The third-order valence-corrected chi connectivity index (χ3v) is 2.61. The summed E-state index contributed by atoms with van der Waals surface area (Å²) >= 11 is 2.90. The first-order valence-electron chi connectivity index (χ1n) is 3.33. The van der Waals surface area contributed by atoms with E-state index in [2.05, 4.69) is 15.9 Å². The standard InChI is InChI=1S/C7H6BrFN2O2/c1-3-6(8)4(9)2-5(10)7(3)11(12)13/h2H,10H2,1H3. The van der Waals surface area contributed by atoms with Crippen molar-refractivity contribution in [2.75, 3.05) is 5.73 Å². The second kappa shape index (κ2) is 3.29. The molecule has 0 heterocycles. The van der Waals surface area contributed by atoms with Crippen LogP contribution in [0.2, 0.25) is 0 Å². The zero-order chi connectivity index (χ0) is 10.2. The van der Waals surface area contributed by atoms with Crippen molar-refractivity contribution >= 4 is 27.3 Å². The summed E-state index contributed by atoms with van der Waals surface area (Å²) in [5.41, 5.74) is 5.07. The molecule has 1 aromatic carbocycles. The second-order valence-corrected chi connectivity index (χ2v) is 3.29. The number of anilines is 1. The Balaban J connectivity index is 3.53. The summed E-state index contributed by atoms with van der Waals surface area (Å²) in [6.07, 6.45) is 0. The van der Waals surface area contributed by atoms with Crippen molar-refractivity contribution in [1.29, 1.82) is 0 Å². The van der Waals surface area contributed by atoms with Gasteiger partial charge in [-0.15, -0.1) is 0 Å². The number of nitrogen functional groups attached to an aromatic ring is 1. The molecule has 0 aliphatic carbocycles. The fourth-order valence-electron chi connectivity index (χ4n) is 1.01. The van der Waals surface area contributed by atoms with Crippen LogP contribution >= 0.6 is 15.9 Å². The van der Waals surface area contributed by atoms with Crippen molar-refractivity contribution in [3.05, 3.63) is 32.0 Å². The third-order valence-electron chi connectivity index (χ3n) is 1.63. The first-order chi connectivity index (χ1) is 5.95. The van der Waals surface area contributed by atoms with Crippen LogP contribution in [0.1, 0.15) is 5.56 Å². The lowest BCUT2D eigenvalue weighted by Gasteiger charge is -2.03. The molecule has 13 heavy (non-hydrogen) atoms. The molecule has 0 radical (unpaired) electrons. The van der Waals surface area contributed by atoms with Gasteiger partial charge in [-0.05, 0) is 22.9 Å². The van der Waals surface area contributed by atoms with E-state index in [4.69, 9.17) is 5.73 Å². The molecule has 0 saturated carbocycles. The van der Waals surface area contributed by atoms with Crippen LogP contribution in [-0.2, 0) is 0 Å². The first kappa shape index (κ1) is 9.91. The molecule has 70 valence electrons.